The van der Waals surface area contributed by atoms with Crippen molar-refractivity contribution in [3.05, 3.63) is 28.2 Å². The van der Waals surface area contributed by atoms with Gasteiger partial charge in [-0.05, 0) is 30.4 Å². The van der Waals surface area contributed by atoms with Gasteiger partial charge in [0.25, 0.3) is 0 Å². The molecule has 0 aromatic heterocycles. The molecule has 0 amide bonds. The molecule has 0 aliphatic carbocycles. The Hall–Kier alpha value is -0.590. The van der Waals surface area contributed by atoms with Crippen LogP contribution in [0.4, 0.5) is 5.69 Å². The highest BCUT2D eigenvalue weighted by atomic mass is 35.5. The van der Waals surface area contributed by atoms with Crippen LogP contribution in [0, 0.1) is 0 Å². The van der Waals surface area contributed by atoms with Crippen LogP contribution in [0.15, 0.2) is 18.2 Å². The maximum atomic E-state index is 5.88. The summed E-state index contributed by atoms with van der Waals surface area (Å²) in [5, 5.41) is 7.44. The smallest absolute Gasteiger partial charge is 0.174 e. The second-order valence-electron chi connectivity index (χ2n) is 3.39. The lowest BCUT2D eigenvalue weighted by molar-refractivity contribution is -0.0964. The topological polar surface area (TPSA) is 42.5 Å². The number of benzene rings is 1. The number of methoxy groups -OCH3 is 2. The summed E-state index contributed by atoms with van der Waals surface area (Å²) in [6.45, 7) is 0.438. The molecule has 1 aromatic carbocycles. The number of hydrogen-bond acceptors (Lipinski definition) is 3. The SMILES string of the molecule is COC(CNC(=S)Nc1cc(Cl)cc(Cl)c1)OC. The summed E-state index contributed by atoms with van der Waals surface area (Å²) in [7, 11) is 3.12. The highest BCUT2D eigenvalue weighted by Crippen LogP contribution is 2.22. The fraction of sp³-hybridized carbons (Fsp3) is 0.364. The first-order chi connectivity index (χ1) is 8.55. The molecule has 1 aromatic rings. The van der Waals surface area contributed by atoms with Crippen molar-refractivity contribution >= 4 is 46.2 Å². The van der Waals surface area contributed by atoms with Gasteiger partial charge in [-0.1, -0.05) is 23.2 Å². The maximum Gasteiger partial charge on any atom is 0.174 e. The molecular weight excluding hydrogens is 295 g/mol. The lowest BCUT2D eigenvalue weighted by Gasteiger charge is -2.16. The quantitative estimate of drug-likeness (QED) is 0.647. The Morgan fingerprint density at radius 1 is 1.22 bits per heavy atom. The predicted molar refractivity (Wildman–Crippen MR) is 78.5 cm³/mol. The highest BCUT2D eigenvalue weighted by molar-refractivity contribution is 7.80. The van der Waals surface area contributed by atoms with Crippen LogP contribution in [0.1, 0.15) is 0 Å². The van der Waals surface area contributed by atoms with E-state index in [-0.39, 0.29) is 6.29 Å². The van der Waals surface area contributed by atoms with Gasteiger partial charge in [0.1, 0.15) is 0 Å². The molecule has 100 valence electrons. The third-order valence-electron chi connectivity index (χ3n) is 2.08. The zero-order valence-electron chi connectivity index (χ0n) is 10.00. The Bertz CT molecular complexity index is 394. The number of halogens is 2. The van der Waals surface area contributed by atoms with Gasteiger partial charge in [-0.25, -0.2) is 0 Å². The third-order valence-corrected chi connectivity index (χ3v) is 2.76. The van der Waals surface area contributed by atoms with Gasteiger partial charge in [0.05, 0.1) is 6.54 Å². The lowest BCUT2D eigenvalue weighted by atomic mass is 10.3. The van der Waals surface area contributed by atoms with Gasteiger partial charge in [0.2, 0.25) is 0 Å². The monoisotopic (exact) mass is 308 g/mol. The Labute approximate surface area is 122 Å². The van der Waals surface area contributed by atoms with Gasteiger partial charge in [0.15, 0.2) is 11.4 Å². The zero-order valence-corrected chi connectivity index (χ0v) is 12.3. The van der Waals surface area contributed by atoms with Gasteiger partial charge in [-0.2, -0.15) is 0 Å². The number of ether oxygens (including phenoxy) is 2. The van der Waals surface area contributed by atoms with Gasteiger partial charge >= 0.3 is 0 Å². The molecule has 0 fully saturated rings. The first kappa shape index (κ1) is 15.5. The molecule has 0 bridgehead atoms. The first-order valence-electron chi connectivity index (χ1n) is 5.11. The normalized spacial score (nSPS) is 10.5. The zero-order chi connectivity index (χ0) is 13.5. The Morgan fingerprint density at radius 3 is 2.28 bits per heavy atom. The number of hydrogen-bond donors (Lipinski definition) is 2. The molecule has 0 spiro atoms. The Morgan fingerprint density at radius 2 is 1.78 bits per heavy atom. The van der Waals surface area contributed by atoms with E-state index in [2.05, 4.69) is 10.6 Å². The Balaban J connectivity index is 2.49. The van der Waals surface area contributed by atoms with Gasteiger partial charge in [-0.3, -0.25) is 0 Å². The van der Waals surface area contributed by atoms with Gasteiger partial charge in [0, 0.05) is 30.0 Å². The third kappa shape index (κ3) is 5.37. The summed E-state index contributed by atoms with van der Waals surface area (Å²) >= 11 is 16.9. The molecule has 0 unspecified atom stereocenters. The minimum atomic E-state index is -0.354. The Kier molecular flexibility index (Phi) is 6.67. The maximum absolute atomic E-state index is 5.88. The summed E-state index contributed by atoms with van der Waals surface area (Å²) in [5.41, 5.74) is 0.719. The lowest BCUT2D eigenvalue weighted by Crippen LogP contribution is -2.36. The van der Waals surface area contributed by atoms with Crippen molar-refractivity contribution in [2.24, 2.45) is 0 Å². The number of anilines is 1. The van der Waals surface area contributed by atoms with Crippen molar-refractivity contribution in [2.45, 2.75) is 6.29 Å². The van der Waals surface area contributed by atoms with Crippen LogP contribution < -0.4 is 10.6 Å². The van der Waals surface area contributed by atoms with Crippen molar-refractivity contribution in [1.29, 1.82) is 0 Å². The molecule has 0 heterocycles. The minimum Gasteiger partial charge on any atom is -0.357 e. The van der Waals surface area contributed by atoms with E-state index in [1.165, 1.54) is 0 Å². The molecule has 2 N–H and O–H groups in total. The van der Waals surface area contributed by atoms with Crippen LogP contribution in [-0.4, -0.2) is 32.2 Å². The average Bonchev–Trinajstić information content (AvgIpc) is 2.28. The minimum absolute atomic E-state index is 0.354. The van der Waals surface area contributed by atoms with Crippen LogP contribution in [0.3, 0.4) is 0 Å². The van der Waals surface area contributed by atoms with E-state index < -0.39 is 0 Å². The second-order valence-corrected chi connectivity index (χ2v) is 4.68. The largest absolute Gasteiger partial charge is 0.357 e. The van der Waals surface area contributed by atoms with E-state index in [1.54, 1.807) is 32.4 Å². The second kappa shape index (κ2) is 7.76. The van der Waals surface area contributed by atoms with Crippen LogP contribution in [-0.2, 0) is 9.47 Å². The average molecular weight is 309 g/mol. The molecule has 0 saturated carbocycles. The van der Waals surface area contributed by atoms with E-state index >= 15 is 0 Å². The highest BCUT2D eigenvalue weighted by Gasteiger charge is 2.06. The van der Waals surface area contributed by atoms with Gasteiger partial charge in [-0.15, -0.1) is 0 Å². The number of thiocarbonyl (C=S) groups is 1. The molecule has 7 heteroatoms. The van der Waals surface area contributed by atoms with E-state index in [9.17, 15) is 0 Å². The van der Waals surface area contributed by atoms with Crippen LogP contribution in [0.2, 0.25) is 10.0 Å². The molecule has 4 nitrogen and oxygen atoms in total. The van der Waals surface area contributed by atoms with Crippen molar-refractivity contribution in [2.75, 3.05) is 26.1 Å². The summed E-state index contributed by atoms with van der Waals surface area (Å²) in [4.78, 5) is 0. The molecule has 0 atom stereocenters. The molecule has 1 rings (SSSR count). The van der Waals surface area contributed by atoms with Gasteiger partial charge < -0.3 is 20.1 Å². The van der Waals surface area contributed by atoms with E-state index in [1.807, 2.05) is 0 Å². The summed E-state index contributed by atoms with van der Waals surface area (Å²) in [5.74, 6) is 0. The summed E-state index contributed by atoms with van der Waals surface area (Å²) in [6.07, 6.45) is -0.354. The number of nitrogens with one attached hydrogen (secondary N) is 2. The van der Waals surface area contributed by atoms with Crippen molar-refractivity contribution < 1.29 is 9.47 Å². The molecule has 0 saturated heterocycles. The fourth-order valence-corrected chi connectivity index (χ4v) is 1.97. The van der Waals surface area contributed by atoms with Crippen LogP contribution >= 0.6 is 35.4 Å². The predicted octanol–water partition coefficient (Wildman–Crippen LogP) is 2.90. The molecular formula is C11H14Cl2N2O2S. The summed E-state index contributed by atoms with van der Waals surface area (Å²) in [6, 6.07) is 5.10. The van der Waals surface area contributed by atoms with Crippen molar-refractivity contribution in [1.82, 2.24) is 5.32 Å². The van der Waals surface area contributed by atoms with E-state index in [4.69, 9.17) is 44.9 Å². The number of rotatable bonds is 5. The molecule has 0 aliphatic heterocycles. The molecule has 18 heavy (non-hydrogen) atoms. The summed E-state index contributed by atoms with van der Waals surface area (Å²) < 4.78 is 10.0. The molecule has 0 radical (unpaired) electrons. The first-order valence-corrected chi connectivity index (χ1v) is 6.28. The fourth-order valence-electron chi connectivity index (χ4n) is 1.24. The van der Waals surface area contributed by atoms with Crippen LogP contribution in [0.5, 0.6) is 0 Å². The van der Waals surface area contributed by atoms with Crippen molar-refractivity contribution in [3.63, 3.8) is 0 Å². The standard InChI is InChI=1S/C11H14Cl2N2O2S/c1-16-10(17-2)6-14-11(18)15-9-4-7(12)3-8(13)5-9/h3-5,10H,6H2,1-2H3,(H2,14,15,18). The van der Waals surface area contributed by atoms with E-state index in [0.29, 0.717) is 21.7 Å². The van der Waals surface area contributed by atoms with Crippen molar-refractivity contribution in [3.8, 4) is 0 Å². The molecule has 0 aliphatic rings. The van der Waals surface area contributed by atoms with E-state index in [0.717, 1.165) is 5.69 Å². The van der Waals surface area contributed by atoms with Crippen LogP contribution in [0.25, 0.3) is 0 Å².